The fourth-order valence-electron chi connectivity index (χ4n) is 7.56. The summed E-state index contributed by atoms with van der Waals surface area (Å²) in [6.07, 6.45) is 2.58. The van der Waals surface area contributed by atoms with Gasteiger partial charge in [0.2, 0.25) is 5.91 Å². The van der Waals surface area contributed by atoms with Crippen molar-refractivity contribution < 1.29 is 32.3 Å². The highest BCUT2D eigenvalue weighted by atomic mass is 35.5. The molecule has 264 valence electrons. The van der Waals surface area contributed by atoms with Crippen LogP contribution in [0.1, 0.15) is 48.0 Å². The predicted octanol–water partition coefficient (Wildman–Crippen LogP) is 5.55. The number of fused-ring (bicyclic) bond motifs is 1. The van der Waals surface area contributed by atoms with Crippen molar-refractivity contribution in [2.45, 2.75) is 62.9 Å². The lowest BCUT2D eigenvalue weighted by atomic mass is 9.88. The van der Waals surface area contributed by atoms with E-state index in [0.717, 1.165) is 42.9 Å². The number of nitrogens with one attached hydrogen (secondary N) is 1. The van der Waals surface area contributed by atoms with Crippen LogP contribution < -0.4 is 5.32 Å². The number of amides is 2. The van der Waals surface area contributed by atoms with E-state index in [1.807, 2.05) is 40.8 Å². The minimum absolute atomic E-state index is 0.0200. The van der Waals surface area contributed by atoms with Crippen LogP contribution in [0.5, 0.6) is 0 Å². The number of aldehydes is 1. The summed E-state index contributed by atoms with van der Waals surface area (Å²) in [6.45, 7) is 1.60. The van der Waals surface area contributed by atoms with E-state index in [1.165, 1.54) is 4.90 Å². The average molecular weight is 702 g/mol. The molecule has 49 heavy (non-hydrogen) atoms. The number of rotatable bonds is 10. The van der Waals surface area contributed by atoms with E-state index in [0.29, 0.717) is 67.6 Å². The SMILES string of the molecule is Cn1cc(C(=O)Nc2ccc(CC(=O)N3C[C@@H](N4CCN(CC(F)(F)F)CC4)C[C@H]3CO[C@H]3CC[C@H](C=O)CC3)cc2Cl)c2ccccc21. The molecule has 9 nitrogen and oxygen atoms in total. The topological polar surface area (TPSA) is 87.1 Å². The van der Waals surface area contributed by atoms with Gasteiger partial charge in [0.25, 0.3) is 5.91 Å². The lowest BCUT2D eigenvalue weighted by molar-refractivity contribution is -0.150. The van der Waals surface area contributed by atoms with Crippen LogP contribution in [-0.4, -0.2) is 108 Å². The number of carbonyl (C=O) groups is 3. The van der Waals surface area contributed by atoms with Gasteiger partial charge in [-0.05, 0) is 55.9 Å². The minimum atomic E-state index is -4.23. The van der Waals surface area contributed by atoms with E-state index in [9.17, 15) is 27.6 Å². The third kappa shape index (κ3) is 8.65. The molecular formula is C36H43ClF3N5O4. The lowest BCUT2D eigenvalue weighted by Gasteiger charge is -2.38. The van der Waals surface area contributed by atoms with Gasteiger partial charge in [-0.25, -0.2) is 0 Å². The van der Waals surface area contributed by atoms with Crippen molar-refractivity contribution in [2.75, 3.05) is 51.2 Å². The van der Waals surface area contributed by atoms with E-state index in [4.69, 9.17) is 16.3 Å². The van der Waals surface area contributed by atoms with Gasteiger partial charge in [-0.2, -0.15) is 13.2 Å². The number of piperazine rings is 1. The number of aryl methyl sites for hydroxylation is 1. The average Bonchev–Trinajstić information content (AvgIpc) is 3.66. The number of ether oxygens (including phenoxy) is 1. The summed E-state index contributed by atoms with van der Waals surface area (Å²) in [5, 5.41) is 4.05. The first kappa shape index (κ1) is 35.4. The molecule has 2 aromatic carbocycles. The first-order valence-corrected chi connectivity index (χ1v) is 17.4. The Labute approximate surface area is 289 Å². The quantitative estimate of drug-likeness (QED) is 0.279. The molecule has 0 bridgehead atoms. The second-order valence-corrected chi connectivity index (χ2v) is 14.0. The molecule has 0 unspecified atom stereocenters. The first-order valence-electron chi connectivity index (χ1n) is 17.0. The molecule has 13 heteroatoms. The maximum Gasteiger partial charge on any atom is 0.401 e. The molecule has 1 aromatic heterocycles. The third-order valence-corrected chi connectivity index (χ3v) is 10.6. The summed E-state index contributed by atoms with van der Waals surface area (Å²) in [5.41, 5.74) is 2.62. The minimum Gasteiger partial charge on any atom is -0.376 e. The van der Waals surface area contributed by atoms with Crippen molar-refractivity contribution in [2.24, 2.45) is 13.0 Å². The predicted molar refractivity (Wildman–Crippen MR) is 182 cm³/mol. The van der Waals surface area contributed by atoms with Crippen LogP contribution in [-0.2, 0) is 27.8 Å². The zero-order valence-corrected chi connectivity index (χ0v) is 28.4. The van der Waals surface area contributed by atoms with Gasteiger partial charge in [0.05, 0.1) is 48.0 Å². The van der Waals surface area contributed by atoms with Crippen LogP contribution in [0.4, 0.5) is 18.9 Å². The summed E-state index contributed by atoms with van der Waals surface area (Å²) < 4.78 is 47.1. The zero-order valence-electron chi connectivity index (χ0n) is 27.6. The Hall–Kier alpha value is -3.45. The number of benzene rings is 2. The highest BCUT2D eigenvalue weighted by Crippen LogP contribution is 2.30. The molecule has 3 heterocycles. The van der Waals surface area contributed by atoms with Crippen LogP contribution in [0.25, 0.3) is 10.9 Å². The Kier molecular flexibility index (Phi) is 11.0. The fraction of sp³-hybridized carbons (Fsp3) is 0.528. The molecule has 3 aromatic rings. The molecule has 1 saturated carbocycles. The lowest BCUT2D eigenvalue weighted by Crippen LogP contribution is -2.52. The number of hydrogen-bond acceptors (Lipinski definition) is 6. The number of likely N-dealkylation sites (tertiary alicyclic amines) is 1. The second kappa shape index (κ2) is 15.2. The highest BCUT2D eigenvalue weighted by Gasteiger charge is 2.40. The van der Waals surface area contributed by atoms with Gasteiger partial charge >= 0.3 is 6.18 Å². The number of para-hydroxylation sites is 1. The molecular weight excluding hydrogens is 659 g/mol. The Bertz CT molecular complexity index is 1650. The van der Waals surface area contributed by atoms with Crippen LogP contribution in [0.2, 0.25) is 5.02 Å². The van der Waals surface area contributed by atoms with Crippen LogP contribution >= 0.6 is 11.6 Å². The maximum atomic E-state index is 13.8. The van der Waals surface area contributed by atoms with Crippen LogP contribution in [0.15, 0.2) is 48.7 Å². The summed E-state index contributed by atoms with van der Waals surface area (Å²) in [5.74, 6) is -0.290. The number of hydrogen-bond donors (Lipinski definition) is 1. The molecule has 1 aliphatic carbocycles. The number of nitrogens with zero attached hydrogens (tertiary/aromatic N) is 4. The van der Waals surface area contributed by atoms with Crippen molar-refractivity contribution in [3.05, 3.63) is 64.8 Å². The smallest absolute Gasteiger partial charge is 0.376 e. The molecule has 3 fully saturated rings. The number of alkyl halides is 3. The summed E-state index contributed by atoms with van der Waals surface area (Å²) in [4.78, 5) is 43.7. The fourth-order valence-corrected chi connectivity index (χ4v) is 7.81. The van der Waals surface area contributed by atoms with Gasteiger partial charge in [0.15, 0.2) is 0 Å². The summed E-state index contributed by atoms with van der Waals surface area (Å²) in [6, 6.07) is 12.7. The van der Waals surface area contributed by atoms with Crippen LogP contribution in [0.3, 0.4) is 0 Å². The van der Waals surface area contributed by atoms with Gasteiger partial charge in [-0.1, -0.05) is 35.9 Å². The largest absolute Gasteiger partial charge is 0.401 e. The van der Waals surface area contributed by atoms with Gasteiger partial charge in [-0.15, -0.1) is 0 Å². The number of anilines is 1. The third-order valence-electron chi connectivity index (χ3n) is 10.3. The van der Waals surface area contributed by atoms with Gasteiger partial charge in [-0.3, -0.25) is 19.4 Å². The Morgan fingerprint density at radius 2 is 1.78 bits per heavy atom. The van der Waals surface area contributed by atoms with Crippen molar-refractivity contribution in [3.63, 3.8) is 0 Å². The number of aromatic nitrogens is 1. The normalized spacial score (nSPS) is 24.0. The molecule has 0 radical (unpaired) electrons. The molecule has 2 atom stereocenters. The van der Waals surface area contributed by atoms with Crippen molar-refractivity contribution in [1.29, 1.82) is 0 Å². The van der Waals surface area contributed by atoms with E-state index in [-0.39, 0.29) is 42.3 Å². The van der Waals surface area contributed by atoms with Crippen LogP contribution in [0, 0.1) is 5.92 Å². The Morgan fingerprint density at radius 1 is 1.04 bits per heavy atom. The maximum absolute atomic E-state index is 13.8. The van der Waals surface area contributed by atoms with Crippen molar-refractivity contribution >= 4 is 46.3 Å². The summed E-state index contributed by atoms with van der Waals surface area (Å²) in [7, 11) is 1.88. The molecule has 6 rings (SSSR count). The van der Waals surface area contributed by atoms with E-state index in [2.05, 4.69) is 10.2 Å². The first-order chi connectivity index (χ1) is 23.5. The standard InChI is InChI=1S/C36H43ClF3N5O4/c1-42-20-30(29-4-2-3-5-33(29)42)35(48)41-32-11-8-25(16-31(32)37)17-34(47)45-19-26(44-14-12-43(13-15-44)23-36(38,39)40)18-27(45)22-49-28-9-6-24(21-46)7-10-28/h2-5,8,11,16,20-21,24,26-28H,6-7,9-10,12-15,17-19,22-23H2,1H3,(H,41,48)/t24-,26-,27-,28-/m0/s1. The Balaban J connectivity index is 1.10. The molecule has 2 saturated heterocycles. The summed E-state index contributed by atoms with van der Waals surface area (Å²) >= 11 is 6.62. The van der Waals surface area contributed by atoms with Crippen molar-refractivity contribution in [3.8, 4) is 0 Å². The molecule has 1 N–H and O–H groups in total. The van der Waals surface area contributed by atoms with Gasteiger partial charge < -0.3 is 24.3 Å². The Morgan fingerprint density at radius 3 is 2.47 bits per heavy atom. The molecule has 3 aliphatic rings. The van der Waals surface area contributed by atoms with Gasteiger partial charge in [0.1, 0.15) is 6.29 Å². The highest BCUT2D eigenvalue weighted by molar-refractivity contribution is 6.34. The van der Waals surface area contributed by atoms with E-state index in [1.54, 1.807) is 24.4 Å². The monoisotopic (exact) mass is 701 g/mol. The molecule has 0 spiro atoms. The zero-order chi connectivity index (χ0) is 34.7. The second-order valence-electron chi connectivity index (χ2n) is 13.6. The van der Waals surface area contributed by atoms with Crippen molar-refractivity contribution in [1.82, 2.24) is 19.3 Å². The van der Waals surface area contributed by atoms with E-state index < -0.39 is 12.7 Å². The molecule has 2 amide bonds. The van der Waals surface area contributed by atoms with E-state index >= 15 is 0 Å². The number of halogens is 4. The molecule has 2 aliphatic heterocycles. The van der Waals surface area contributed by atoms with Gasteiger partial charge in [0, 0.05) is 68.8 Å². The number of carbonyl (C=O) groups excluding carboxylic acids is 3.